The number of hydrogen-bond donors (Lipinski definition) is 3. The quantitative estimate of drug-likeness (QED) is 0.531. The van der Waals surface area contributed by atoms with Crippen molar-refractivity contribution < 1.29 is 9.50 Å². The van der Waals surface area contributed by atoms with Gasteiger partial charge in [-0.3, -0.25) is 4.40 Å². The van der Waals surface area contributed by atoms with Gasteiger partial charge in [0.15, 0.2) is 11.5 Å². The molecule has 0 unspecified atom stereocenters. The Labute approximate surface area is 142 Å². The number of anilines is 1. The van der Waals surface area contributed by atoms with E-state index in [1.165, 1.54) is 12.3 Å². The van der Waals surface area contributed by atoms with Crippen LogP contribution < -0.4 is 5.32 Å². The molecule has 7 nitrogen and oxygen atoms in total. The summed E-state index contributed by atoms with van der Waals surface area (Å²) in [5, 5.41) is 13.3. The number of halogens is 1. The fraction of sp³-hybridized carbons (Fsp3) is 0.235. The van der Waals surface area contributed by atoms with Crippen molar-refractivity contribution in [3.8, 4) is 11.1 Å². The molecule has 0 aliphatic heterocycles. The highest BCUT2D eigenvalue weighted by atomic mass is 19.1. The normalized spacial score (nSPS) is 11.7. The lowest BCUT2D eigenvalue weighted by molar-refractivity contribution is 0.276. The van der Waals surface area contributed by atoms with Crippen molar-refractivity contribution >= 4 is 22.6 Å². The molecule has 8 heteroatoms. The summed E-state index contributed by atoms with van der Waals surface area (Å²) in [6, 6.07) is 1.65. The fourth-order valence-corrected chi connectivity index (χ4v) is 2.83. The van der Waals surface area contributed by atoms with Crippen LogP contribution in [0.25, 0.3) is 27.8 Å². The first kappa shape index (κ1) is 15.5. The molecule has 128 valence electrons. The Morgan fingerprint density at radius 2 is 2.16 bits per heavy atom. The summed E-state index contributed by atoms with van der Waals surface area (Å²) >= 11 is 0. The van der Waals surface area contributed by atoms with Crippen LogP contribution in [-0.4, -0.2) is 35.5 Å². The summed E-state index contributed by atoms with van der Waals surface area (Å²) in [4.78, 5) is 15.9. The molecular formula is C17H17FN6O. The summed E-state index contributed by atoms with van der Waals surface area (Å²) in [5.74, 6) is 0.0836. The third kappa shape index (κ3) is 2.60. The predicted molar refractivity (Wildman–Crippen MR) is 92.7 cm³/mol. The molecule has 0 fully saturated rings. The van der Waals surface area contributed by atoms with Gasteiger partial charge >= 0.3 is 0 Å². The van der Waals surface area contributed by atoms with Crippen LogP contribution in [0.2, 0.25) is 0 Å². The number of nitrogens with one attached hydrogen (secondary N) is 2. The van der Waals surface area contributed by atoms with E-state index in [-0.39, 0.29) is 18.3 Å². The van der Waals surface area contributed by atoms with Crippen LogP contribution in [0, 0.1) is 5.82 Å². The lowest BCUT2D eigenvalue weighted by atomic mass is 10.1. The summed E-state index contributed by atoms with van der Waals surface area (Å²) in [5.41, 5.74) is 2.81. The molecule has 0 aromatic carbocycles. The number of imidazole rings is 1. The molecule has 4 aromatic heterocycles. The van der Waals surface area contributed by atoms with Crippen LogP contribution in [0.15, 0.2) is 30.9 Å². The van der Waals surface area contributed by atoms with Crippen LogP contribution in [0.5, 0.6) is 0 Å². The zero-order valence-corrected chi connectivity index (χ0v) is 13.8. The van der Waals surface area contributed by atoms with Gasteiger partial charge in [-0.2, -0.15) is 4.98 Å². The number of rotatable bonds is 4. The van der Waals surface area contributed by atoms with Gasteiger partial charge in [0.05, 0.1) is 18.5 Å². The number of H-pyrrole nitrogens is 1. The average Bonchev–Trinajstić information content (AvgIpc) is 3.17. The Bertz CT molecular complexity index is 1070. The second-order valence-electron chi connectivity index (χ2n) is 6.14. The number of nitrogens with zero attached hydrogens (tertiary/aromatic N) is 4. The SMILES string of the molecule is CC(C)Nc1ncc2c(-c3cc(F)c4ncc(CO)n4c3)c[nH]c2n1. The minimum absolute atomic E-state index is 0.187. The maximum atomic E-state index is 14.4. The van der Waals surface area contributed by atoms with E-state index < -0.39 is 5.82 Å². The van der Waals surface area contributed by atoms with Gasteiger partial charge in [-0.05, 0) is 19.9 Å². The molecule has 0 aliphatic carbocycles. The molecule has 4 rings (SSSR count). The van der Waals surface area contributed by atoms with E-state index in [1.807, 2.05) is 13.8 Å². The fourth-order valence-electron chi connectivity index (χ4n) is 2.83. The summed E-state index contributed by atoms with van der Waals surface area (Å²) in [6.07, 6.45) is 6.70. The molecule has 0 saturated carbocycles. The third-order valence-electron chi connectivity index (χ3n) is 3.96. The van der Waals surface area contributed by atoms with Gasteiger partial charge in [-0.15, -0.1) is 0 Å². The van der Waals surface area contributed by atoms with E-state index in [1.54, 1.807) is 23.0 Å². The molecule has 3 N–H and O–H groups in total. The first-order valence-corrected chi connectivity index (χ1v) is 7.94. The van der Waals surface area contributed by atoms with Crippen LogP contribution in [0.3, 0.4) is 0 Å². The largest absolute Gasteiger partial charge is 0.390 e. The number of pyridine rings is 1. The number of hydrogen-bond acceptors (Lipinski definition) is 5. The second kappa shape index (κ2) is 5.82. The molecule has 0 atom stereocenters. The number of aromatic nitrogens is 5. The average molecular weight is 340 g/mol. The van der Waals surface area contributed by atoms with Gasteiger partial charge in [0.1, 0.15) is 5.65 Å². The Morgan fingerprint density at radius 3 is 2.92 bits per heavy atom. The molecule has 0 bridgehead atoms. The molecular weight excluding hydrogens is 323 g/mol. The third-order valence-corrected chi connectivity index (χ3v) is 3.96. The molecule has 0 spiro atoms. The Morgan fingerprint density at radius 1 is 1.32 bits per heavy atom. The maximum Gasteiger partial charge on any atom is 0.224 e. The monoisotopic (exact) mass is 340 g/mol. The summed E-state index contributed by atoms with van der Waals surface area (Å²) in [7, 11) is 0. The Kier molecular flexibility index (Phi) is 3.61. The molecule has 25 heavy (non-hydrogen) atoms. The van der Waals surface area contributed by atoms with Crippen molar-refractivity contribution in [2.75, 3.05) is 5.32 Å². The van der Waals surface area contributed by atoms with Gasteiger partial charge in [-0.25, -0.2) is 14.4 Å². The zero-order chi connectivity index (χ0) is 17.6. The van der Waals surface area contributed by atoms with Crippen molar-refractivity contribution in [2.24, 2.45) is 0 Å². The zero-order valence-electron chi connectivity index (χ0n) is 13.8. The summed E-state index contributed by atoms with van der Waals surface area (Å²) in [6.45, 7) is 3.80. The van der Waals surface area contributed by atoms with Crippen molar-refractivity contribution in [2.45, 2.75) is 26.5 Å². The van der Waals surface area contributed by atoms with E-state index >= 15 is 0 Å². The molecule has 0 saturated heterocycles. The van der Waals surface area contributed by atoms with E-state index in [0.29, 0.717) is 22.9 Å². The Balaban J connectivity index is 1.85. The maximum absolute atomic E-state index is 14.4. The lowest BCUT2D eigenvalue weighted by Gasteiger charge is -2.07. The topological polar surface area (TPSA) is 91.1 Å². The highest BCUT2D eigenvalue weighted by Gasteiger charge is 2.14. The number of fused-ring (bicyclic) bond motifs is 2. The molecule has 0 radical (unpaired) electrons. The Hall–Kier alpha value is -3.00. The first-order chi connectivity index (χ1) is 12.1. The highest BCUT2D eigenvalue weighted by Crippen LogP contribution is 2.29. The molecule has 0 amide bonds. The molecule has 4 aromatic rings. The smallest absolute Gasteiger partial charge is 0.224 e. The molecule has 4 heterocycles. The van der Waals surface area contributed by atoms with Gasteiger partial charge < -0.3 is 15.4 Å². The first-order valence-electron chi connectivity index (χ1n) is 7.94. The number of aliphatic hydroxyl groups excluding tert-OH is 1. The molecule has 0 aliphatic rings. The highest BCUT2D eigenvalue weighted by molar-refractivity contribution is 5.93. The van der Waals surface area contributed by atoms with Crippen molar-refractivity contribution in [3.63, 3.8) is 0 Å². The van der Waals surface area contributed by atoms with E-state index in [9.17, 15) is 9.50 Å². The van der Waals surface area contributed by atoms with E-state index in [2.05, 4.69) is 25.3 Å². The van der Waals surface area contributed by atoms with Crippen molar-refractivity contribution in [1.29, 1.82) is 0 Å². The number of aliphatic hydroxyl groups is 1. The van der Waals surface area contributed by atoms with E-state index in [4.69, 9.17) is 0 Å². The lowest BCUT2D eigenvalue weighted by Crippen LogP contribution is -2.12. The van der Waals surface area contributed by atoms with Crippen LogP contribution in [-0.2, 0) is 6.61 Å². The van der Waals surface area contributed by atoms with Crippen molar-refractivity contribution in [1.82, 2.24) is 24.3 Å². The number of aromatic amines is 1. The van der Waals surface area contributed by atoms with Gasteiger partial charge in [0.2, 0.25) is 5.95 Å². The summed E-state index contributed by atoms with van der Waals surface area (Å²) < 4.78 is 15.9. The van der Waals surface area contributed by atoms with E-state index in [0.717, 1.165) is 10.9 Å². The minimum atomic E-state index is -0.453. The van der Waals surface area contributed by atoms with Gasteiger partial charge in [0.25, 0.3) is 0 Å². The van der Waals surface area contributed by atoms with Crippen LogP contribution in [0.1, 0.15) is 19.5 Å². The van der Waals surface area contributed by atoms with Crippen LogP contribution in [0.4, 0.5) is 10.3 Å². The minimum Gasteiger partial charge on any atom is -0.390 e. The predicted octanol–water partition coefficient (Wildman–Crippen LogP) is 2.72. The second-order valence-corrected chi connectivity index (χ2v) is 6.14. The van der Waals surface area contributed by atoms with Crippen molar-refractivity contribution in [3.05, 3.63) is 42.4 Å². The van der Waals surface area contributed by atoms with Gasteiger partial charge in [0, 0.05) is 41.1 Å². The van der Waals surface area contributed by atoms with Gasteiger partial charge in [-0.1, -0.05) is 0 Å². The van der Waals surface area contributed by atoms with Crippen LogP contribution >= 0.6 is 0 Å². The standard InChI is InChI=1S/C17H17FN6O/c1-9(2)22-17-21-6-13-12(5-19-15(13)23-17)10-3-14(18)16-20-4-11(8-25)24(16)7-10/h3-7,9,25H,8H2,1-2H3,(H2,19,21,22,23).